The molecule has 3 aromatic rings. The summed E-state index contributed by atoms with van der Waals surface area (Å²) in [5, 5.41) is 12.3. The van der Waals surface area contributed by atoms with E-state index in [2.05, 4.69) is 26.2 Å². The van der Waals surface area contributed by atoms with Crippen LogP contribution in [0.1, 0.15) is 49.0 Å². The minimum atomic E-state index is -1.29. The van der Waals surface area contributed by atoms with Gasteiger partial charge in [0.25, 0.3) is 5.91 Å². The molecule has 2 aromatic heterocycles. The number of hydrogen-bond donors (Lipinski definition) is 2. The van der Waals surface area contributed by atoms with E-state index < -0.39 is 29.8 Å². The zero-order valence-corrected chi connectivity index (χ0v) is 20.6. The van der Waals surface area contributed by atoms with Crippen LogP contribution >= 0.6 is 39.1 Å². The third-order valence-electron chi connectivity index (χ3n) is 5.16. The number of carbonyl (C=O) groups excluding carboxylic acids is 1. The topological polar surface area (TPSA) is 84.2 Å². The molecule has 2 N–H and O–H groups in total. The van der Waals surface area contributed by atoms with Crippen molar-refractivity contribution in [2.24, 2.45) is 5.92 Å². The minimum Gasteiger partial charge on any atom is -0.465 e. The van der Waals surface area contributed by atoms with Gasteiger partial charge in [0.05, 0.1) is 5.02 Å². The fourth-order valence-corrected chi connectivity index (χ4v) is 4.75. The van der Waals surface area contributed by atoms with Gasteiger partial charge in [-0.05, 0) is 57.6 Å². The second kappa shape index (κ2) is 9.77. The Morgan fingerprint density at radius 3 is 2.59 bits per heavy atom. The summed E-state index contributed by atoms with van der Waals surface area (Å²) in [7, 11) is 0. The molecule has 0 aliphatic heterocycles. The lowest BCUT2D eigenvalue weighted by atomic mass is 9.93. The van der Waals surface area contributed by atoms with Gasteiger partial charge in [0.15, 0.2) is 0 Å². The van der Waals surface area contributed by atoms with Crippen molar-refractivity contribution in [2.75, 3.05) is 0 Å². The largest absolute Gasteiger partial charge is 0.465 e. The number of carbonyl (C=O) groups is 2. The van der Waals surface area contributed by atoms with Crippen molar-refractivity contribution < 1.29 is 19.1 Å². The van der Waals surface area contributed by atoms with Gasteiger partial charge in [-0.1, -0.05) is 44.0 Å². The SMILES string of the molecule is CC(C)CC(NC(=O)O)C(=O)n1cc(C(C)c2c(Cl)ccc(F)c2Cl)c2cc(Br)cnc21. The van der Waals surface area contributed by atoms with Crippen molar-refractivity contribution in [3.8, 4) is 0 Å². The van der Waals surface area contributed by atoms with E-state index in [1.54, 1.807) is 25.4 Å². The van der Waals surface area contributed by atoms with Crippen LogP contribution in [0.25, 0.3) is 11.0 Å². The molecule has 0 radical (unpaired) electrons. The summed E-state index contributed by atoms with van der Waals surface area (Å²) in [6.07, 6.45) is 2.16. The number of carboxylic acid groups (broad SMARTS) is 1. The lowest BCUT2D eigenvalue weighted by molar-refractivity contribution is 0.0845. The molecule has 0 saturated heterocycles. The van der Waals surface area contributed by atoms with E-state index in [0.717, 1.165) is 0 Å². The molecule has 1 amide bonds. The summed E-state index contributed by atoms with van der Waals surface area (Å²) in [5.74, 6) is -1.46. The van der Waals surface area contributed by atoms with Gasteiger partial charge in [-0.2, -0.15) is 0 Å². The molecule has 6 nitrogen and oxygen atoms in total. The van der Waals surface area contributed by atoms with Crippen molar-refractivity contribution >= 4 is 62.2 Å². The first kappa shape index (κ1) is 24.5. The van der Waals surface area contributed by atoms with Gasteiger partial charge in [0.1, 0.15) is 17.5 Å². The molecule has 2 heterocycles. The van der Waals surface area contributed by atoms with E-state index in [0.29, 0.717) is 38.1 Å². The van der Waals surface area contributed by atoms with Crippen LogP contribution in [0.2, 0.25) is 10.0 Å². The number of nitrogens with one attached hydrogen (secondary N) is 1. The van der Waals surface area contributed by atoms with E-state index in [4.69, 9.17) is 23.2 Å². The molecule has 2 unspecified atom stereocenters. The summed E-state index contributed by atoms with van der Waals surface area (Å²) < 4.78 is 16.2. The number of aromatic nitrogens is 2. The number of benzene rings is 1. The molecular formula is C22H21BrCl2FN3O3. The van der Waals surface area contributed by atoms with Crippen LogP contribution in [0.4, 0.5) is 9.18 Å². The van der Waals surface area contributed by atoms with Crippen molar-refractivity contribution in [3.05, 3.63) is 62.1 Å². The Bertz CT molecular complexity index is 1200. The number of nitrogens with zero attached hydrogens (tertiary/aromatic N) is 2. The highest BCUT2D eigenvalue weighted by Gasteiger charge is 2.28. The molecule has 0 bridgehead atoms. The highest BCUT2D eigenvalue weighted by Crippen LogP contribution is 2.40. The average molecular weight is 545 g/mol. The van der Waals surface area contributed by atoms with Crippen molar-refractivity contribution in [2.45, 2.75) is 39.2 Å². The van der Waals surface area contributed by atoms with Gasteiger partial charge in [0.2, 0.25) is 0 Å². The van der Waals surface area contributed by atoms with Crippen LogP contribution in [0.15, 0.2) is 35.1 Å². The van der Waals surface area contributed by atoms with Gasteiger partial charge < -0.3 is 10.4 Å². The van der Waals surface area contributed by atoms with Gasteiger partial charge in [-0.15, -0.1) is 0 Å². The quantitative estimate of drug-likeness (QED) is 0.337. The average Bonchev–Trinajstić information content (AvgIpc) is 3.07. The van der Waals surface area contributed by atoms with Crippen LogP contribution in [-0.4, -0.2) is 32.7 Å². The lowest BCUT2D eigenvalue weighted by Crippen LogP contribution is -2.43. The number of amides is 1. The van der Waals surface area contributed by atoms with Gasteiger partial charge >= 0.3 is 6.09 Å². The predicted molar refractivity (Wildman–Crippen MR) is 126 cm³/mol. The zero-order chi connectivity index (χ0) is 23.7. The molecule has 0 spiro atoms. The van der Waals surface area contributed by atoms with Crippen LogP contribution in [-0.2, 0) is 0 Å². The van der Waals surface area contributed by atoms with Crippen LogP contribution in [0.5, 0.6) is 0 Å². The monoisotopic (exact) mass is 543 g/mol. The molecule has 1 aromatic carbocycles. The molecule has 0 aliphatic carbocycles. The molecule has 32 heavy (non-hydrogen) atoms. The first-order valence-electron chi connectivity index (χ1n) is 9.84. The molecule has 3 rings (SSSR count). The predicted octanol–water partition coefficient (Wildman–Crippen LogP) is 6.72. The number of halogens is 4. The second-order valence-electron chi connectivity index (χ2n) is 7.93. The molecule has 10 heteroatoms. The Hall–Kier alpha value is -2.16. The smallest absolute Gasteiger partial charge is 0.405 e. The van der Waals surface area contributed by atoms with E-state index in [9.17, 15) is 19.1 Å². The van der Waals surface area contributed by atoms with E-state index in [1.165, 1.54) is 16.7 Å². The minimum absolute atomic E-state index is 0.0723. The van der Waals surface area contributed by atoms with Crippen molar-refractivity contribution in [1.29, 1.82) is 0 Å². The van der Waals surface area contributed by atoms with Crippen LogP contribution in [0.3, 0.4) is 0 Å². The van der Waals surface area contributed by atoms with E-state index in [1.807, 2.05) is 13.8 Å². The summed E-state index contributed by atoms with van der Waals surface area (Å²) in [5.41, 5.74) is 1.39. The number of fused-ring (bicyclic) bond motifs is 1. The molecule has 2 atom stereocenters. The number of hydrogen-bond acceptors (Lipinski definition) is 3. The van der Waals surface area contributed by atoms with Gasteiger partial charge in [-0.3, -0.25) is 9.36 Å². The third-order valence-corrected chi connectivity index (χ3v) is 6.31. The van der Waals surface area contributed by atoms with Gasteiger partial charge in [0, 0.05) is 33.2 Å². The maximum Gasteiger partial charge on any atom is 0.405 e. The number of pyridine rings is 1. The summed E-state index contributed by atoms with van der Waals surface area (Å²) >= 11 is 16.0. The Balaban J connectivity index is 2.18. The highest BCUT2D eigenvalue weighted by atomic mass is 79.9. The van der Waals surface area contributed by atoms with Gasteiger partial charge in [-0.25, -0.2) is 14.2 Å². The maximum absolute atomic E-state index is 14.2. The molecular weight excluding hydrogens is 524 g/mol. The fourth-order valence-electron chi connectivity index (χ4n) is 3.72. The van der Waals surface area contributed by atoms with E-state index in [-0.39, 0.29) is 10.9 Å². The zero-order valence-electron chi connectivity index (χ0n) is 17.5. The molecule has 170 valence electrons. The van der Waals surface area contributed by atoms with Crippen LogP contribution < -0.4 is 5.32 Å². The summed E-state index contributed by atoms with van der Waals surface area (Å²) in [6, 6.07) is 3.46. The molecule has 0 fully saturated rings. The number of rotatable bonds is 6. The lowest BCUT2D eigenvalue weighted by Gasteiger charge is -2.18. The fraction of sp³-hybridized carbons (Fsp3) is 0.318. The maximum atomic E-state index is 14.2. The first-order valence-corrected chi connectivity index (χ1v) is 11.4. The van der Waals surface area contributed by atoms with Crippen molar-refractivity contribution in [1.82, 2.24) is 14.9 Å². The Morgan fingerprint density at radius 1 is 1.28 bits per heavy atom. The normalized spacial score (nSPS) is 13.4. The third kappa shape index (κ3) is 4.92. The van der Waals surface area contributed by atoms with E-state index >= 15 is 0 Å². The van der Waals surface area contributed by atoms with Crippen molar-refractivity contribution in [3.63, 3.8) is 0 Å². The first-order chi connectivity index (χ1) is 15.0. The van der Waals surface area contributed by atoms with Crippen LogP contribution in [0, 0.1) is 11.7 Å². The standard InChI is InChI=1S/C22H21BrCl2FN3O3/c1-10(2)6-17(28-22(31)32)21(30)29-9-14(13-7-12(23)8-27-20(13)29)11(3)18-15(24)4-5-16(26)19(18)25/h4-5,7-11,17,28H,6H2,1-3H3,(H,31,32). The summed E-state index contributed by atoms with van der Waals surface area (Å²) in [6.45, 7) is 5.60. The molecule has 0 saturated carbocycles. The summed E-state index contributed by atoms with van der Waals surface area (Å²) in [4.78, 5) is 29.0. The second-order valence-corrected chi connectivity index (χ2v) is 9.63. The Kier molecular flexibility index (Phi) is 7.47. The Labute approximate surface area is 202 Å². The molecule has 0 aliphatic rings. The Morgan fingerprint density at radius 2 is 1.97 bits per heavy atom. The highest BCUT2D eigenvalue weighted by molar-refractivity contribution is 9.10.